The van der Waals surface area contributed by atoms with Crippen LogP contribution in [-0.2, 0) is 11.3 Å². The molecule has 0 aliphatic rings. The highest BCUT2D eigenvalue weighted by Crippen LogP contribution is 2.29. The molecule has 0 aliphatic heterocycles. The van der Waals surface area contributed by atoms with E-state index in [1.165, 1.54) is 16.9 Å². The van der Waals surface area contributed by atoms with Crippen molar-refractivity contribution in [1.82, 2.24) is 9.78 Å². The first-order chi connectivity index (χ1) is 9.97. The number of aromatic carboxylic acids is 1. The van der Waals surface area contributed by atoms with Crippen molar-refractivity contribution in [3.8, 4) is 0 Å². The standard InChI is InChI=1S/C13H11Cl2N3O3/c14-8-2-1-3-9(12(8)15)16-11(19)5-7-18-6-4-10(17-18)13(20)21/h1-4,6H,5,7H2,(H,16,19)(H,20,21). The van der Waals surface area contributed by atoms with Crippen molar-refractivity contribution in [2.24, 2.45) is 0 Å². The number of carboxylic acids is 1. The van der Waals surface area contributed by atoms with Crippen LogP contribution >= 0.6 is 23.2 Å². The van der Waals surface area contributed by atoms with Crippen LogP contribution in [0.25, 0.3) is 0 Å². The lowest BCUT2D eigenvalue weighted by atomic mass is 10.3. The predicted octanol–water partition coefficient (Wildman–Crippen LogP) is 2.92. The number of carbonyl (C=O) groups is 2. The van der Waals surface area contributed by atoms with Gasteiger partial charge in [0.25, 0.3) is 0 Å². The van der Waals surface area contributed by atoms with Crippen LogP contribution in [0.4, 0.5) is 5.69 Å². The number of aromatic nitrogens is 2. The molecular weight excluding hydrogens is 317 g/mol. The first kappa shape index (κ1) is 15.3. The van der Waals surface area contributed by atoms with Gasteiger partial charge in [-0.2, -0.15) is 5.10 Å². The van der Waals surface area contributed by atoms with Gasteiger partial charge in [-0.3, -0.25) is 9.48 Å². The second-order valence-electron chi connectivity index (χ2n) is 4.17. The third-order valence-electron chi connectivity index (χ3n) is 2.65. The fourth-order valence-electron chi connectivity index (χ4n) is 1.63. The molecule has 0 atom stereocenters. The van der Waals surface area contributed by atoms with E-state index in [-0.39, 0.29) is 29.6 Å². The maximum absolute atomic E-state index is 11.8. The number of anilines is 1. The second-order valence-corrected chi connectivity index (χ2v) is 4.95. The summed E-state index contributed by atoms with van der Waals surface area (Å²) >= 11 is 11.8. The molecule has 2 aromatic rings. The van der Waals surface area contributed by atoms with Crippen LogP contribution in [0.5, 0.6) is 0 Å². The van der Waals surface area contributed by atoms with E-state index < -0.39 is 5.97 Å². The molecule has 0 saturated carbocycles. The lowest BCUT2D eigenvalue weighted by Gasteiger charge is -2.08. The number of aryl methyl sites for hydroxylation is 1. The summed E-state index contributed by atoms with van der Waals surface area (Å²) in [7, 11) is 0. The predicted molar refractivity (Wildman–Crippen MR) is 78.9 cm³/mol. The van der Waals surface area contributed by atoms with Crippen molar-refractivity contribution < 1.29 is 14.7 Å². The zero-order valence-corrected chi connectivity index (χ0v) is 12.2. The van der Waals surface area contributed by atoms with Gasteiger partial charge in [-0.1, -0.05) is 29.3 Å². The maximum atomic E-state index is 11.8. The average molecular weight is 328 g/mol. The lowest BCUT2D eigenvalue weighted by molar-refractivity contribution is -0.116. The van der Waals surface area contributed by atoms with Crippen LogP contribution in [0, 0.1) is 0 Å². The largest absolute Gasteiger partial charge is 0.476 e. The number of carbonyl (C=O) groups excluding carboxylic acids is 1. The van der Waals surface area contributed by atoms with Gasteiger partial charge in [0.2, 0.25) is 5.91 Å². The summed E-state index contributed by atoms with van der Waals surface area (Å²) < 4.78 is 1.39. The molecule has 1 heterocycles. The van der Waals surface area contributed by atoms with E-state index >= 15 is 0 Å². The van der Waals surface area contributed by atoms with Crippen molar-refractivity contribution in [2.75, 3.05) is 5.32 Å². The molecule has 0 aliphatic carbocycles. The van der Waals surface area contributed by atoms with Crippen LogP contribution in [0.2, 0.25) is 10.0 Å². The number of nitrogens with zero attached hydrogens (tertiary/aromatic N) is 2. The SMILES string of the molecule is O=C(CCn1ccc(C(=O)O)n1)Nc1cccc(Cl)c1Cl. The molecular formula is C13H11Cl2N3O3. The van der Waals surface area contributed by atoms with Crippen molar-refractivity contribution in [1.29, 1.82) is 0 Å². The molecule has 0 fully saturated rings. The molecule has 0 saturated heterocycles. The van der Waals surface area contributed by atoms with Crippen LogP contribution in [0.1, 0.15) is 16.9 Å². The van der Waals surface area contributed by atoms with Gasteiger partial charge in [0, 0.05) is 19.2 Å². The summed E-state index contributed by atoms with van der Waals surface area (Å²) in [5.74, 6) is -1.38. The van der Waals surface area contributed by atoms with Gasteiger partial charge < -0.3 is 10.4 Å². The number of rotatable bonds is 5. The Morgan fingerprint density at radius 3 is 2.71 bits per heavy atom. The van der Waals surface area contributed by atoms with Gasteiger partial charge in [-0.05, 0) is 18.2 Å². The Kier molecular flexibility index (Phi) is 4.82. The Morgan fingerprint density at radius 1 is 1.29 bits per heavy atom. The fourth-order valence-corrected chi connectivity index (χ4v) is 1.98. The Labute approximate surface area is 130 Å². The molecule has 21 heavy (non-hydrogen) atoms. The minimum absolute atomic E-state index is 0.0618. The number of benzene rings is 1. The number of hydrogen-bond donors (Lipinski definition) is 2. The minimum atomic E-state index is -1.11. The molecule has 0 radical (unpaired) electrons. The van der Waals surface area contributed by atoms with E-state index in [0.717, 1.165) is 0 Å². The molecule has 0 bridgehead atoms. The van der Waals surface area contributed by atoms with E-state index in [1.807, 2.05) is 0 Å². The second kappa shape index (κ2) is 6.60. The fraction of sp³-hybridized carbons (Fsp3) is 0.154. The highest BCUT2D eigenvalue weighted by atomic mass is 35.5. The third kappa shape index (κ3) is 3.96. The molecule has 110 valence electrons. The molecule has 0 spiro atoms. The number of hydrogen-bond acceptors (Lipinski definition) is 3. The van der Waals surface area contributed by atoms with Gasteiger partial charge >= 0.3 is 5.97 Å². The van der Waals surface area contributed by atoms with Crippen molar-refractivity contribution >= 4 is 40.8 Å². The number of nitrogens with one attached hydrogen (secondary N) is 1. The molecule has 1 aromatic carbocycles. The zero-order chi connectivity index (χ0) is 15.4. The summed E-state index contributed by atoms with van der Waals surface area (Å²) in [4.78, 5) is 22.5. The Morgan fingerprint density at radius 2 is 2.05 bits per heavy atom. The van der Waals surface area contributed by atoms with E-state index in [4.69, 9.17) is 28.3 Å². The average Bonchev–Trinajstić information content (AvgIpc) is 2.91. The van der Waals surface area contributed by atoms with E-state index in [1.54, 1.807) is 18.2 Å². The first-order valence-corrected chi connectivity index (χ1v) is 6.73. The van der Waals surface area contributed by atoms with Gasteiger partial charge in [-0.15, -0.1) is 0 Å². The molecule has 0 unspecified atom stereocenters. The normalized spacial score (nSPS) is 10.4. The lowest BCUT2D eigenvalue weighted by Crippen LogP contribution is -2.15. The summed E-state index contributed by atoms with van der Waals surface area (Å²) in [6.07, 6.45) is 1.63. The molecule has 2 rings (SSSR count). The van der Waals surface area contributed by atoms with Gasteiger partial charge in [-0.25, -0.2) is 4.79 Å². The Bertz CT molecular complexity index is 685. The third-order valence-corrected chi connectivity index (χ3v) is 3.47. The molecule has 8 heteroatoms. The Hall–Kier alpha value is -2.05. The Balaban J connectivity index is 1.92. The summed E-state index contributed by atoms with van der Waals surface area (Å²) in [6, 6.07) is 6.31. The van der Waals surface area contributed by atoms with Crippen LogP contribution in [-0.4, -0.2) is 26.8 Å². The molecule has 6 nitrogen and oxygen atoms in total. The first-order valence-electron chi connectivity index (χ1n) is 5.98. The monoisotopic (exact) mass is 327 g/mol. The minimum Gasteiger partial charge on any atom is -0.476 e. The van der Waals surface area contributed by atoms with Gasteiger partial charge in [0.1, 0.15) is 0 Å². The molecule has 1 amide bonds. The molecule has 1 aromatic heterocycles. The van der Waals surface area contributed by atoms with Crippen LogP contribution in [0.15, 0.2) is 30.5 Å². The van der Waals surface area contributed by atoms with Crippen LogP contribution < -0.4 is 5.32 Å². The summed E-state index contributed by atoms with van der Waals surface area (Å²) in [5, 5.41) is 15.8. The van der Waals surface area contributed by atoms with E-state index in [2.05, 4.69) is 10.4 Å². The summed E-state index contributed by atoms with van der Waals surface area (Å²) in [6.45, 7) is 0.261. The smallest absolute Gasteiger partial charge is 0.356 e. The maximum Gasteiger partial charge on any atom is 0.356 e. The van der Waals surface area contributed by atoms with Crippen molar-refractivity contribution in [3.63, 3.8) is 0 Å². The van der Waals surface area contributed by atoms with Crippen molar-refractivity contribution in [3.05, 3.63) is 46.2 Å². The van der Waals surface area contributed by atoms with Gasteiger partial charge in [0.05, 0.1) is 15.7 Å². The number of halogens is 2. The highest BCUT2D eigenvalue weighted by molar-refractivity contribution is 6.43. The van der Waals surface area contributed by atoms with E-state index in [0.29, 0.717) is 10.7 Å². The topological polar surface area (TPSA) is 84.2 Å². The van der Waals surface area contributed by atoms with Gasteiger partial charge in [0.15, 0.2) is 5.69 Å². The highest BCUT2D eigenvalue weighted by Gasteiger charge is 2.10. The number of carboxylic acid groups (broad SMARTS) is 1. The summed E-state index contributed by atoms with van der Waals surface area (Å²) in [5.41, 5.74) is 0.370. The van der Waals surface area contributed by atoms with Crippen LogP contribution in [0.3, 0.4) is 0 Å². The quantitative estimate of drug-likeness (QED) is 0.884. The molecule has 2 N–H and O–H groups in total. The number of amides is 1. The zero-order valence-electron chi connectivity index (χ0n) is 10.7. The van der Waals surface area contributed by atoms with E-state index in [9.17, 15) is 9.59 Å². The van der Waals surface area contributed by atoms with Crippen molar-refractivity contribution in [2.45, 2.75) is 13.0 Å².